The highest BCUT2D eigenvalue weighted by molar-refractivity contribution is 14.1. The Morgan fingerprint density at radius 2 is 2.50 bits per heavy atom. The first-order chi connectivity index (χ1) is 7.72. The lowest BCUT2D eigenvalue weighted by atomic mass is 10.1. The molecule has 0 N–H and O–H groups in total. The van der Waals surface area contributed by atoms with E-state index in [2.05, 4.69) is 29.2 Å². The van der Waals surface area contributed by atoms with Crippen molar-refractivity contribution in [1.82, 2.24) is 0 Å². The van der Waals surface area contributed by atoms with E-state index in [4.69, 9.17) is 9.47 Å². The van der Waals surface area contributed by atoms with Crippen LogP contribution in [0.4, 0.5) is 0 Å². The predicted molar refractivity (Wildman–Crippen MR) is 71.5 cm³/mol. The van der Waals surface area contributed by atoms with Gasteiger partial charge in [-0.2, -0.15) is 0 Å². The maximum absolute atomic E-state index is 11.7. The summed E-state index contributed by atoms with van der Waals surface area (Å²) in [4.78, 5) is 11.7. The van der Waals surface area contributed by atoms with Crippen LogP contribution >= 0.6 is 22.6 Å². The van der Waals surface area contributed by atoms with Crippen LogP contribution in [0.1, 0.15) is 26.2 Å². The van der Waals surface area contributed by atoms with Gasteiger partial charge in [0.1, 0.15) is 11.9 Å². The molecule has 0 spiro atoms. The molecule has 1 heterocycles. The number of carbonyl (C=O) groups is 1. The zero-order chi connectivity index (χ0) is 12.0. The number of halogens is 1. The van der Waals surface area contributed by atoms with Crippen molar-refractivity contribution < 1.29 is 14.3 Å². The van der Waals surface area contributed by atoms with Crippen molar-refractivity contribution in [3.63, 3.8) is 0 Å². The molecule has 0 aromatic rings. The lowest BCUT2D eigenvalue weighted by Crippen LogP contribution is -2.11. The monoisotopic (exact) mass is 336 g/mol. The molecule has 4 heteroatoms. The van der Waals surface area contributed by atoms with Gasteiger partial charge in [0.25, 0.3) is 0 Å². The Kier molecular flexibility index (Phi) is 5.87. The topological polar surface area (TPSA) is 35.5 Å². The van der Waals surface area contributed by atoms with Crippen molar-refractivity contribution in [3.8, 4) is 0 Å². The van der Waals surface area contributed by atoms with Gasteiger partial charge in [-0.05, 0) is 13.3 Å². The molecule has 3 nitrogen and oxygen atoms in total. The summed E-state index contributed by atoms with van der Waals surface area (Å²) in [5, 5.41) is 0. The van der Waals surface area contributed by atoms with Gasteiger partial charge in [0, 0.05) is 17.3 Å². The van der Waals surface area contributed by atoms with Crippen LogP contribution in [0.5, 0.6) is 0 Å². The van der Waals surface area contributed by atoms with Gasteiger partial charge in [0.05, 0.1) is 12.2 Å². The van der Waals surface area contributed by atoms with Gasteiger partial charge in [0.15, 0.2) is 0 Å². The lowest BCUT2D eigenvalue weighted by Gasteiger charge is -2.10. The maximum Gasteiger partial charge on any atom is 0.337 e. The van der Waals surface area contributed by atoms with Crippen LogP contribution in [-0.4, -0.2) is 23.1 Å². The molecule has 0 aliphatic carbocycles. The van der Waals surface area contributed by atoms with Gasteiger partial charge < -0.3 is 9.47 Å². The molecule has 90 valence electrons. The first kappa shape index (κ1) is 13.5. The molecular formula is C12H17IO3. The summed E-state index contributed by atoms with van der Waals surface area (Å²) in [6, 6.07) is 0. The largest absolute Gasteiger partial charge is 0.493 e. The Morgan fingerprint density at radius 3 is 3.00 bits per heavy atom. The van der Waals surface area contributed by atoms with E-state index in [-0.39, 0.29) is 12.1 Å². The minimum Gasteiger partial charge on any atom is -0.493 e. The van der Waals surface area contributed by atoms with Gasteiger partial charge in [0.2, 0.25) is 0 Å². The molecule has 0 bridgehead atoms. The number of allylic oxidation sites excluding steroid dienone is 2. The molecule has 1 aliphatic heterocycles. The fourth-order valence-corrected chi connectivity index (χ4v) is 2.24. The summed E-state index contributed by atoms with van der Waals surface area (Å²) >= 11 is 2.29. The van der Waals surface area contributed by atoms with E-state index < -0.39 is 0 Å². The maximum atomic E-state index is 11.7. The van der Waals surface area contributed by atoms with Crippen LogP contribution in [0.25, 0.3) is 0 Å². The number of hydrogen-bond donors (Lipinski definition) is 0. The van der Waals surface area contributed by atoms with Crippen molar-refractivity contribution in [2.45, 2.75) is 32.3 Å². The zero-order valence-corrected chi connectivity index (χ0v) is 11.7. The first-order valence-electron chi connectivity index (χ1n) is 5.45. The Morgan fingerprint density at radius 1 is 1.75 bits per heavy atom. The lowest BCUT2D eigenvalue weighted by molar-refractivity contribution is -0.138. The average molecular weight is 336 g/mol. The molecular weight excluding hydrogens is 319 g/mol. The van der Waals surface area contributed by atoms with E-state index >= 15 is 0 Å². The highest BCUT2D eigenvalue weighted by Gasteiger charge is 2.25. The molecule has 0 amide bonds. The third kappa shape index (κ3) is 3.50. The number of hydrogen-bond acceptors (Lipinski definition) is 3. The highest BCUT2D eigenvalue weighted by atomic mass is 127. The molecule has 0 radical (unpaired) electrons. The van der Waals surface area contributed by atoms with Crippen molar-refractivity contribution >= 4 is 28.6 Å². The number of rotatable bonds is 5. The molecule has 16 heavy (non-hydrogen) atoms. The number of esters is 1. The number of alkyl halides is 1. The molecule has 1 rings (SSSR count). The quantitative estimate of drug-likeness (QED) is 0.255. The Balaban J connectivity index is 2.79. The summed E-state index contributed by atoms with van der Waals surface area (Å²) in [5.41, 5.74) is 0.629. The van der Waals surface area contributed by atoms with Crippen LogP contribution in [0.15, 0.2) is 24.0 Å². The van der Waals surface area contributed by atoms with E-state index in [1.807, 2.05) is 0 Å². The normalized spacial score (nSPS) is 22.5. The van der Waals surface area contributed by atoms with Crippen LogP contribution in [0.2, 0.25) is 0 Å². The van der Waals surface area contributed by atoms with Gasteiger partial charge in [-0.25, -0.2) is 4.79 Å². The SMILES string of the molecule is C=CC/C(C(=O)OCC)=C1/CCC(CI)O1. The van der Waals surface area contributed by atoms with Crippen LogP contribution in [-0.2, 0) is 14.3 Å². The van der Waals surface area contributed by atoms with Crippen LogP contribution in [0.3, 0.4) is 0 Å². The van der Waals surface area contributed by atoms with Gasteiger partial charge in [-0.3, -0.25) is 0 Å². The molecule has 0 aromatic heterocycles. The van der Waals surface area contributed by atoms with Crippen molar-refractivity contribution in [2.24, 2.45) is 0 Å². The fourth-order valence-electron chi connectivity index (χ4n) is 1.62. The standard InChI is InChI=1S/C12H17IO3/c1-3-5-10(12(14)15-4-2)11-7-6-9(8-13)16-11/h3,9H,1,4-8H2,2H3/b11-10+. The van der Waals surface area contributed by atoms with E-state index in [9.17, 15) is 4.79 Å². The fraction of sp³-hybridized carbons (Fsp3) is 0.583. The second-order valence-electron chi connectivity index (χ2n) is 3.55. The second-order valence-corrected chi connectivity index (χ2v) is 4.43. The third-order valence-corrected chi connectivity index (χ3v) is 3.36. The van der Waals surface area contributed by atoms with E-state index in [0.29, 0.717) is 18.6 Å². The van der Waals surface area contributed by atoms with Gasteiger partial charge in [-0.15, -0.1) is 6.58 Å². The van der Waals surface area contributed by atoms with Gasteiger partial charge >= 0.3 is 5.97 Å². The van der Waals surface area contributed by atoms with Crippen molar-refractivity contribution in [1.29, 1.82) is 0 Å². The van der Waals surface area contributed by atoms with E-state index in [0.717, 1.165) is 23.0 Å². The number of ether oxygens (including phenoxy) is 2. The van der Waals surface area contributed by atoms with Crippen LogP contribution in [0, 0.1) is 0 Å². The molecule has 1 saturated heterocycles. The average Bonchev–Trinajstić information content (AvgIpc) is 2.74. The van der Waals surface area contributed by atoms with Crippen LogP contribution < -0.4 is 0 Å². The molecule has 1 fully saturated rings. The van der Waals surface area contributed by atoms with Gasteiger partial charge in [-0.1, -0.05) is 28.7 Å². The minimum atomic E-state index is -0.272. The highest BCUT2D eigenvalue weighted by Crippen LogP contribution is 2.28. The van der Waals surface area contributed by atoms with Crippen molar-refractivity contribution in [2.75, 3.05) is 11.0 Å². The predicted octanol–water partition coefficient (Wildman–Crippen LogP) is 2.99. The van der Waals surface area contributed by atoms with Crippen molar-refractivity contribution in [3.05, 3.63) is 24.0 Å². The first-order valence-corrected chi connectivity index (χ1v) is 6.98. The Hall–Kier alpha value is -0.520. The smallest absolute Gasteiger partial charge is 0.337 e. The number of carbonyl (C=O) groups excluding carboxylic acids is 1. The molecule has 1 unspecified atom stereocenters. The van der Waals surface area contributed by atoms with E-state index in [1.54, 1.807) is 13.0 Å². The molecule has 1 aliphatic rings. The summed E-state index contributed by atoms with van der Waals surface area (Å²) in [6.07, 6.45) is 4.28. The second kappa shape index (κ2) is 6.93. The Bertz CT molecular complexity index is 297. The zero-order valence-electron chi connectivity index (χ0n) is 9.50. The van der Waals surface area contributed by atoms with E-state index in [1.165, 1.54) is 0 Å². The molecule has 0 aromatic carbocycles. The summed E-state index contributed by atoms with van der Waals surface area (Å²) in [5.74, 6) is 0.520. The molecule has 1 atom stereocenters. The summed E-state index contributed by atoms with van der Waals surface area (Å²) < 4.78 is 11.7. The minimum absolute atomic E-state index is 0.241. The Labute approximate surface area is 110 Å². The third-order valence-electron chi connectivity index (χ3n) is 2.38. The molecule has 0 saturated carbocycles. The summed E-state index contributed by atoms with van der Waals surface area (Å²) in [7, 11) is 0. The summed E-state index contributed by atoms with van der Waals surface area (Å²) in [6.45, 7) is 5.85.